The maximum absolute atomic E-state index is 9.84. The van der Waals surface area contributed by atoms with Crippen LogP contribution >= 0.6 is 12.2 Å². The van der Waals surface area contributed by atoms with Crippen LogP contribution in [-0.2, 0) is 12.8 Å². The van der Waals surface area contributed by atoms with E-state index >= 15 is 0 Å². The number of hydrogen-bond donors (Lipinski definition) is 4. The molecule has 0 spiro atoms. The molecule has 4 N–H and O–H groups in total. The average molecular weight is 342 g/mol. The Bertz CT molecular complexity index is 1000. The molecule has 0 saturated heterocycles. The van der Waals surface area contributed by atoms with Gasteiger partial charge in [-0.25, -0.2) is 5.10 Å². The van der Waals surface area contributed by atoms with Crippen molar-refractivity contribution in [3.05, 3.63) is 39.8 Å². The Kier molecular flexibility index (Phi) is 3.42. The average Bonchev–Trinajstić information content (AvgIpc) is 3.23. The van der Waals surface area contributed by atoms with Crippen molar-refractivity contribution in [2.75, 3.05) is 0 Å². The molecule has 1 aliphatic rings. The van der Waals surface area contributed by atoms with Crippen molar-refractivity contribution < 1.29 is 10.2 Å². The number of aryl methyl sites for hydroxylation is 1. The molecule has 4 rings (SSSR count). The number of aromatic hydroxyl groups is 2. The lowest BCUT2D eigenvalue weighted by Gasteiger charge is -2.01. The summed E-state index contributed by atoms with van der Waals surface area (Å²) in [7, 11) is 0. The zero-order valence-electron chi connectivity index (χ0n) is 12.5. The van der Waals surface area contributed by atoms with Crippen LogP contribution in [0.15, 0.2) is 23.3 Å². The summed E-state index contributed by atoms with van der Waals surface area (Å²) < 4.78 is 1.80. The van der Waals surface area contributed by atoms with Crippen LogP contribution < -0.4 is 0 Å². The molecule has 24 heavy (non-hydrogen) atoms. The van der Waals surface area contributed by atoms with Crippen molar-refractivity contribution in [3.8, 4) is 23.0 Å². The number of benzene rings is 1. The van der Waals surface area contributed by atoms with E-state index in [1.165, 1.54) is 23.0 Å². The molecule has 0 amide bonds. The first kappa shape index (κ1) is 14.6. The van der Waals surface area contributed by atoms with E-state index in [-0.39, 0.29) is 11.5 Å². The smallest absolute Gasteiger partial charge is 0.216 e. The molecular formula is C15H14N6O2S. The van der Waals surface area contributed by atoms with Crippen molar-refractivity contribution in [2.45, 2.75) is 19.3 Å². The number of rotatable bonds is 3. The lowest BCUT2D eigenvalue weighted by atomic mass is 10.2. The molecule has 0 fully saturated rings. The molecule has 8 nitrogen and oxygen atoms in total. The van der Waals surface area contributed by atoms with Crippen molar-refractivity contribution >= 4 is 18.4 Å². The van der Waals surface area contributed by atoms with E-state index in [0.717, 1.165) is 36.2 Å². The van der Waals surface area contributed by atoms with Crippen LogP contribution in [0.1, 0.15) is 23.2 Å². The highest BCUT2D eigenvalue weighted by molar-refractivity contribution is 7.71. The minimum Gasteiger partial charge on any atom is -0.508 e. The molecule has 0 radical (unpaired) electrons. The van der Waals surface area contributed by atoms with Crippen molar-refractivity contribution in [1.29, 1.82) is 0 Å². The van der Waals surface area contributed by atoms with Crippen molar-refractivity contribution in [3.63, 3.8) is 0 Å². The first-order chi connectivity index (χ1) is 11.6. The zero-order valence-corrected chi connectivity index (χ0v) is 13.3. The van der Waals surface area contributed by atoms with Crippen LogP contribution in [0.2, 0.25) is 0 Å². The van der Waals surface area contributed by atoms with Gasteiger partial charge in [-0.05, 0) is 43.6 Å². The molecular weight excluding hydrogens is 328 g/mol. The third-order valence-corrected chi connectivity index (χ3v) is 4.26. The number of aromatic amines is 2. The van der Waals surface area contributed by atoms with Gasteiger partial charge in [0.25, 0.3) is 0 Å². The molecule has 0 atom stereocenters. The van der Waals surface area contributed by atoms with Crippen LogP contribution in [0.25, 0.3) is 11.5 Å². The highest BCUT2D eigenvalue weighted by Crippen LogP contribution is 2.29. The third-order valence-electron chi connectivity index (χ3n) is 3.99. The second-order valence-corrected chi connectivity index (χ2v) is 5.92. The van der Waals surface area contributed by atoms with Gasteiger partial charge in [0.15, 0.2) is 0 Å². The highest BCUT2D eigenvalue weighted by atomic mass is 32.1. The number of aromatic nitrogens is 5. The minimum absolute atomic E-state index is 0.0163. The number of fused-ring (bicyclic) bond motifs is 1. The van der Waals surface area contributed by atoms with E-state index in [9.17, 15) is 10.2 Å². The summed E-state index contributed by atoms with van der Waals surface area (Å²) in [4.78, 5) is 0. The van der Waals surface area contributed by atoms with Gasteiger partial charge < -0.3 is 10.2 Å². The molecule has 2 aromatic heterocycles. The summed E-state index contributed by atoms with van der Waals surface area (Å²) in [6, 6.07) is 4.28. The zero-order chi connectivity index (χ0) is 16.7. The van der Waals surface area contributed by atoms with Gasteiger partial charge in [0.2, 0.25) is 10.6 Å². The Balaban J connectivity index is 1.75. The maximum Gasteiger partial charge on any atom is 0.216 e. The first-order valence-corrected chi connectivity index (χ1v) is 7.84. The Labute approximate surface area is 141 Å². The van der Waals surface area contributed by atoms with Gasteiger partial charge in [0.05, 0.1) is 6.21 Å². The minimum atomic E-state index is -0.0732. The quantitative estimate of drug-likeness (QED) is 0.430. The summed E-state index contributed by atoms with van der Waals surface area (Å²) in [5.41, 5.74) is 3.47. The molecule has 0 saturated carbocycles. The predicted molar refractivity (Wildman–Crippen MR) is 89.8 cm³/mol. The molecule has 2 heterocycles. The fourth-order valence-electron chi connectivity index (χ4n) is 2.82. The summed E-state index contributed by atoms with van der Waals surface area (Å²) in [5.74, 6) is 0.433. The fourth-order valence-corrected chi connectivity index (χ4v) is 3.00. The lowest BCUT2D eigenvalue weighted by molar-refractivity contribution is 0.450. The molecule has 1 aliphatic carbocycles. The number of nitrogens with zero attached hydrogens (tertiary/aromatic N) is 4. The third kappa shape index (κ3) is 2.38. The van der Waals surface area contributed by atoms with E-state index in [0.29, 0.717) is 16.2 Å². The monoisotopic (exact) mass is 342 g/mol. The van der Waals surface area contributed by atoms with Gasteiger partial charge in [-0.1, -0.05) is 0 Å². The number of phenolic OH excluding ortho intramolecular Hbond substituents is 2. The van der Waals surface area contributed by atoms with Gasteiger partial charge in [0, 0.05) is 22.9 Å². The van der Waals surface area contributed by atoms with Gasteiger partial charge >= 0.3 is 0 Å². The Morgan fingerprint density at radius 2 is 2.08 bits per heavy atom. The van der Waals surface area contributed by atoms with Gasteiger partial charge in [0.1, 0.15) is 17.2 Å². The van der Waals surface area contributed by atoms with Gasteiger partial charge in [-0.3, -0.25) is 5.10 Å². The fraction of sp³-hybridized carbons (Fsp3) is 0.200. The normalized spacial score (nSPS) is 13.7. The summed E-state index contributed by atoms with van der Waals surface area (Å²) in [6.07, 6.45) is 4.48. The second kappa shape index (κ2) is 5.60. The number of nitrogens with one attached hydrogen (secondary N) is 2. The van der Waals surface area contributed by atoms with E-state index in [2.05, 4.69) is 25.5 Å². The standard InChI is InChI=1S/C15H14N6O2S/c22-9-5-4-8(12(23)6-9)7-16-21-14(19-20-15(21)24)13-10-2-1-3-11(10)17-18-13/h4-7,22-23H,1-3H2,(H,17,18)(H,20,24)/b16-7+. The van der Waals surface area contributed by atoms with E-state index in [4.69, 9.17) is 12.2 Å². The highest BCUT2D eigenvalue weighted by Gasteiger charge is 2.23. The number of H-pyrrole nitrogens is 2. The number of hydrogen-bond acceptors (Lipinski definition) is 6. The Hall–Kier alpha value is -2.94. The van der Waals surface area contributed by atoms with Crippen LogP contribution in [0.4, 0.5) is 0 Å². The van der Waals surface area contributed by atoms with Crippen LogP contribution in [0.5, 0.6) is 11.5 Å². The molecule has 0 bridgehead atoms. The SMILES string of the molecule is Oc1ccc(/C=N/n2c(-c3n[nH]c4c3CCC4)n[nH]c2=S)c(O)c1. The first-order valence-electron chi connectivity index (χ1n) is 7.43. The van der Waals surface area contributed by atoms with E-state index in [1.807, 2.05) is 0 Å². The van der Waals surface area contributed by atoms with Crippen LogP contribution in [0, 0.1) is 4.77 Å². The maximum atomic E-state index is 9.84. The molecule has 0 unspecified atom stereocenters. The van der Waals surface area contributed by atoms with Crippen molar-refractivity contribution in [2.24, 2.45) is 5.10 Å². The molecule has 9 heteroatoms. The molecule has 122 valence electrons. The predicted octanol–water partition coefficient (Wildman–Crippen LogP) is 2.11. The number of phenols is 2. The lowest BCUT2D eigenvalue weighted by Crippen LogP contribution is -1.97. The summed E-state index contributed by atoms with van der Waals surface area (Å²) >= 11 is 5.23. The second-order valence-electron chi connectivity index (χ2n) is 5.53. The van der Waals surface area contributed by atoms with E-state index < -0.39 is 0 Å². The Morgan fingerprint density at radius 1 is 1.21 bits per heavy atom. The largest absolute Gasteiger partial charge is 0.508 e. The molecule has 3 aromatic rings. The summed E-state index contributed by atoms with van der Waals surface area (Å²) in [5, 5.41) is 37.8. The molecule has 1 aromatic carbocycles. The topological polar surface area (TPSA) is 115 Å². The van der Waals surface area contributed by atoms with E-state index in [1.54, 1.807) is 6.07 Å². The van der Waals surface area contributed by atoms with Crippen LogP contribution in [0.3, 0.4) is 0 Å². The van der Waals surface area contributed by atoms with Gasteiger partial charge in [-0.15, -0.1) is 0 Å². The Morgan fingerprint density at radius 3 is 2.92 bits per heavy atom. The van der Waals surface area contributed by atoms with Crippen molar-refractivity contribution in [1.82, 2.24) is 25.1 Å². The molecule has 0 aliphatic heterocycles. The van der Waals surface area contributed by atoms with Gasteiger partial charge in [-0.2, -0.15) is 20.0 Å². The summed E-state index contributed by atoms with van der Waals surface area (Å²) in [6.45, 7) is 0. The van der Waals surface area contributed by atoms with Crippen LogP contribution in [-0.4, -0.2) is 41.5 Å².